The number of rotatable bonds is 58. The normalized spacial score (nSPS) is 12.3. The molecule has 0 amide bonds. The Kier molecular flexibility index (Phi) is 58.7. The molecule has 0 saturated carbocycles. The van der Waals surface area contributed by atoms with Gasteiger partial charge in [0.1, 0.15) is 13.2 Å². The first-order chi connectivity index (χ1) is 35.5. The molecule has 0 rings (SSSR count). The van der Waals surface area contributed by atoms with Gasteiger partial charge in [-0.2, -0.15) is 0 Å². The number of ether oxygens (including phenoxy) is 3. The van der Waals surface area contributed by atoms with Gasteiger partial charge in [0.15, 0.2) is 6.10 Å². The Morgan fingerprint density at radius 1 is 0.292 bits per heavy atom. The predicted octanol–water partition coefficient (Wildman–Crippen LogP) is 21.4. The van der Waals surface area contributed by atoms with E-state index in [-0.39, 0.29) is 37.5 Å². The minimum atomic E-state index is -0.798. The van der Waals surface area contributed by atoms with Crippen molar-refractivity contribution in [3.8, 4) is 0 Å². The number of hydrogen-bond acceptors (Lipinski definition) is 6. The molecule has 6 nitrogen and oxygen atoms in total. The summed E-state index contributed by atoms with van der Waals surface area (Å²) in [6.07, 6.45) is 75.8. The maximum Gasteiger partial charge on any atom is 0.306 e. The second kappa shape index (κ2) is 60.9. The lowest BCUT2D eigenvalue weighted by molar-refractivity contribution is -0.166. The van der Waals surface area contributed by atoms with Gasteiger partial charge in [0.2, 0.25) is 0 Å². The van der Waals surface area contributed by atoms with Gasteiger partial charge in [-0.15, -0.1) is 0 Å². The van der Waals surface area contributed by atoms with Gasteiger partial charge in [0.05, 0.1) is 0 Å². The largest absolute Gasteiger partial charge is 0.462 e. The third kappa shape index (κ3) is 58.3. The van der Waals surface area contributed by atoms with Crippen LogP contribution in [0.3, 0.4) is 0 Å². The van der Waals surface area contributed by atoms with Crippen molar-refractivity contribution in [3.05, 3.63) is 48.6 Å². The van der Waals surface area contributed by atoms with Gasteiger partial charge in [-0.1, -0.05) is 320 Å². The van der Waals surface area contributed by atoms with Crippen molar-refractivity contribution in [2.45, 2.75) is 341 Å². The van der Waals surface area contributed by atoms with E-state index >= 15 is 0 Å². The Morgan fingerprint density at radius 2 is 0.542 bits per heavy atom. The molecule has 0 radical (unpaired) electrons. The Labute approximate surface area is 448 Å². The van der Waals surface area contributed by atoms with E-state index in [4.69, 9.17) is 14.2 Å². The van der Waals surface area contributed by atoms with Crippen molar-refractivity contribution < 1.29 is 28.6 Å². The lowest BCUT2D eigenvalue weighted by atomic mass is 10.0. The lowest BCUT2D eigenvalue weighted by Crippen LogP contribution is -2.30. The molecule has 0 aromatic rings. The number of unbranched alkanes of at least 4 members (excludes halogenated alkanes) is 39. The zero-order chi connectivity index (χ0) is 52.2. The summed E-state index contributed by atoms with van der Waals surface area (Å²) in [4.78, 5) is 38.1. The summed E-state index contributed by atoms with van der Waals surface area (Å²) in [6, 6.07) is 0. The molecule has 72 heavy (non-hydrogen) atoms. The molecule has 1 atom stereocenters. The molecule has 0 saturated heterocycles. The Balaban J connectivity index is 4.20. The summed E-state index contributed by atoms with van der Waals surface area (Å²) < 4.78 is 16.8. The van der Waals surface area contributed by atoms with Gasteiger partial charge < -0.3 is 14.2 Å². The van der Waals surface area contributed by atoms with Crippen LogP contribution in [0.2, 0.25) is 0 Å². The van der Waals surface area contributed by atoms with Crippen molar-refractivity contribution in [2.75, 3.05) is 13.2 Å². The number of carbonyl (C=O) groups is 3. The Morgan fingerprint density at radius 3 is 0.847 bits per heavy atom. The van der Waals surface area contributed by atoms with E-state index in [1.54, 1.807) is 0 Å². The SMILES string of the molecule is CC/C=C\C/C=C\C/C=C\C/C=C\CCC(=O)OCC(COC(=O)CCCCCCCCCCCCCCCCCCCCCCCCCCCCC)OC(=O)CCCCCCCCCCCCCCCC. The Hall–Kier alpha value is -2.63. The number of esters is 3. The molecule has 0 aliphatic carbocycles. The van der Waals surface area contributed by atoms with Crippen molar-refractivity contribution in [1.82, 2.24) is 0 Å². The van der Waals surface area contributed by atoms with Crippen LogP contribution in [0.4, 0.5) is 0 Å². The number of carbonyl (C=O) groups excluding carboxylic acids is 3. The van der Waals surface area contributed by atoms with Crippen LogP contribution in [0.15, 0.2) is 48.6 Å². The quantitative estimate of drug-likeness (QED) is 0.0261. The summed E-state index contributed by atoms with van der Waals surface area (Å²) in [5.41, 5.74) is 0. The van der Waals surface area contributed by atoms with Crippen LogP contribution in [0.25, 0.3) is 0 Å². The van der Waals surface area contributed by atoms with Gasteiger partial charge in [-0.25, -0.2) is 0 Å². The summed E-state index contributed by atoms with van der Waals surface area (Å²) >= 11 is 0. The van der Waals surface area contributed by atoms with Crippen LogP contribution in [0.5, 0.6) is 0 Å². The maximum absolute atomic E-state index is 12.8. The molecule has 0 aliphatic heterocycles. The first kappa shape index (κ1) is 69.4. The Bertz CT molecular complexity index is 1250. The summed E-state index contributed by atoms with van der Waals surface area (Å²) in [6.45, 7) is 6.51. The van der Waals surface area contributed by atoms with Crippen LogP contribution in [0.1, 0.15) is 335 Å². The van der Waals surface area contributed by atoms with Crippen LogP contribution < -0.4 is 0 Å². The van der Waals surface area contributed by atoms with Gasteiger partial charge in [0, 0.05) is 19.3 Å². The molecule has 0 aliphatic rings. The second-order valence-electron chi connectivity index (χ2n) is 21.3. The second-order valence-corrected chi connectivity index (χ2v) is 21.3. The predicted molar refractivity (Wildman–Crippen MR) is 312 cm³/mol. The third-order valence-electron chi connectivity index (χ3n) is 14.1. The van der Waals surface area contributed by atoms with Crippen molar-refractivity contribution >= 4 is 17.9 Å². The molecule has 0 aromatic heterocycles. The van der Waals surface area contributed by atoms with E-state index in [1.165, 1.54) is 225 Å². The smallest absolute Gasteiger partial charge is 0.306 e. The average molecular weight is 1010 g/mol. The molecule has 0 bridgehead atoms. The number of hydrogen-bond donors (Lipinski definition) is 0. The van der Waals surface area contributed by atoms with E-state index in [0.717, 1.165) is 64.2 Å². The topological polar surface area (TPSA) is 78.9 Å². The van der Waals surface area contributed by atoms with E-state index in [0.29, 0.717) is 19.3 Å². The summed E-state index contributed by atoms with van der Waals surface area (Å²) in [7, 11) is 0. The molecule has 0 fully saturated rings. The molecule has 420 valence electrons. The molecular formula is C66H120O6. The first-order valence-corrected chi connectivity index (χ1v) is 31.6. The minimum absolute atomic E-state index is 0.0903. The van der Waals surface area contributed by atoms with Crippen LogP contribution in [0, 0.1) is 0 Å². The molecule has 0 heterocycles. The zero-order valence-electron chi connectivity index (χ0n) is 48.2. The van der Waals surface area contributed by atoms with Gasteiger partial charge in [-0.3, -0.25) is 14.4 Å². The third-order valence-corrected chi connectivity index (χ3v) is 14.1. The molecule has 1 unspecified atom stereocenters. The highest BCUT2D eigenvalue weighted by Crippen LogP contribution is 2.18. The summed E-state index contributed by atoms with van der Waals surface area (Å²) in [5.74, 6) is -0.956. The van der Waals surface area contributed by atoms with Crippen LogP contribution in [-0.2, 0) is 28.6 Å². The maximum atomic E-state index is 12.8. The lowest BCUT2D eigenvalue weighted by Gasteiger charge is -2.18. The van der Waals surface area contributed by atoms with Gasteiger partial charge in [-0.05, 0) is 44.9 Å². The standard InChI is InChI=1S/C66H120O6/c1-4-7-10-13-16-19-22-25-27-28-29-30-31-32-33-34-35-36-37-38-39-42-44-47-50-53-56-59-65(68)71-62-63(61-70-64(67)58-55-52-49-46-43-40-24-21-18-15-12-9-6-3)72-66(69)60-57-54-51-48-45-41-26-23-20-17-14-11-8-5-2/h9,12,18,21,40,43,49,52,63H,4-8,10-11,13-17,19-20,22-39,41-42,44-48,50-51,53-62H2,1-3H3/b12-9-,21-18-,43-40-,52-49-. The van der Waals surface area contributed by atoms with Gasteiger partial charge in [0.25, 0.3) is 0 Å². The highest BCUT2D eigenvalue weighted by molar-refractivity contribution is 5.71. The molecule has 6 heteroatoms. The number of allylic oxidation sites excluding steroid dienone is 8. The zero-order valence-corrected chi connectivity index (χ0v) is 48.2. The first-order valence-electron chi connectivity index (χ1n) is 31.6. The fourth-order valence-corrected chi connectivity index (χ4v) is 9.40. The highest BCUT2D eigenvalue weighted by Gasteiger charge is 2.19. The van der Waals surface area contributed by atoms with E-state index < -0.39 is 6.10 Å². The van der Waals surface area contributed by atoms with Crippen molar-refractivity contribution in [3.63, 3.8) is 0 Å². The average Bonchev–Trinajstić information content (AvgIpc) is 3.38. The summed E-state index contributed by atoms with van der Waals surface area (Å²) in [5, 5.41) is 0. The molecule has 0 spiro atoms. The minimum Gasteiger partial charge on any atom is -0.462 e. The van der Waals surface area contributed by atoms with Crippen LogP contribution >= 0.6 is 0 Å². The van der Waals surface area contributed by atoms with Crippen molar-refractivity contribution in [1.29, 1.82) is 0 Å². The monoisotopic (exact) mass is 1010 g/mol. The molecule has 0 aromatic carbocycles. The van der Waals surface area contributed by atoms with E-state index in [9.17, 15) is 14.4 Å². The van der Waals surface area contributed by atoms with E-state index in [2.05, 4.69) is 63.3 Å². The molecule has 0 N–H and O–H groups in total. The molecular weight excluding hydrogens is 889 g/mol. The fourth-order valence-electron chi connectivity index (χ4n) is 9.40. The van der Waals surface area contributed by atoms with Gasteiger partial charge >= 0.3 is 17.9 Å². The fraction of sp³-hybridized carbons (Fsp3) is 0.833. The van der Waals surface area contributed by atoms with Crippen molar-refractivity contribution in [2.24, 2.45) is 0 Å². The highest BCUT2D eigenvalue weighted by atomic mass is 16.6. The van der Waals surface area contributed by atoms with Crippen LogP contribution in [-0.4, -0.2) is 37.2 Å². The van der Waals surface area contributed by atoms with E-state index in [1.807, 2.05) is 6.08 Å².